The molecule has 18 heavy (non-hydrogen) atoms. The van der Waals surface area contributed by atoms with Crippen molar-refractivity contribution in [3.63, 3.8) is 0 Å². The maximum Gasteiger partial charge on any atom is 0.416 e. The van der Waals surface area contributed by atoms with Crippen LogP contribution in [-0.4, -0.2) is 6.04 Å². The van der Waals surface area contributed by atoms with E-state index in [2.05, 4.69) is 19.3 Å². The third kappa shape index (κ3) is 4.66. The number of alkyl halides is 3. The van der Waals surface area contributed by atoms with Crippen LogP contribution in [0.25, 0.3) is 0 Å². The van der Waals surface area contributed by atoms with Crippen molar-refractivity contribution < 1.29 is 13.2 Å². The maximum absolute atomic E-state index is 12.4. The molecule has 0 spiro atoms. The van der Waals surface area contributed by atoms with Crippen molar-refractivity contribution >= 4 is 0 Å². The number of benzene rings is 1. The molecule has 1 rings (SSSR count). The van der Waals surface area contributed by atoms with Gasteiger partial charge in [0.2, 0.25) is 0 Å². The molecule has 5 heteroatoms. The Bertz CT molecular complexity index is 357. The fraction of sp³-hybridized carbons (Fsp3) is 0.538. The second kappa shape index (κ2) is 6.20. The summed E-state index contributed by atoms with van der Waals surface area (Å²) in [5.41, 5.74) is 2.94. The van der Waals surface area contributed by atoms with E-state index >= 15 is 0 Å². The van der Waals surface area contributed by atoms with Crippen molar-refractivity contribution in [3.05, 3.63) is 35.4 Å². The summed E-state index contributed by atoms with van der Waals surface area (Å²) in [6, 6.07) is 5.32. The van der Waals surface area contributed by atoms with Crippen LogP contribution in [0, 0.1) is 5.92 Å². The summed E-state index contributed by atoms with van der Waals surface area (Å²) in [4.78, 5) is 0. The zero-order valence-electron chi connectivity index (χ0n) is 10.6. The average molecular weight is 260 g/mol. The molecule has 0 bridgehead atoms. The van der Waals surface area contributed by atoms with Crippen molar-refractivity contribution in [1.82, 2.24) is 5.43 Å². The van der Waals surface area contributed by atoms with E-state index in [1.807, 2.05) is 0 Å². The average Bonchev–Trinajstić information content (AvgIpc) is 2.27. The van der Waals surface area contributed by atoms with Crippen LogP contribution in [0.3, 0.4) is 0 Å². The molecule has 3 N–H and O–H groups in total. The number of hydrazine groups is 1. The van der Waals surface area contributed by atoms with Gasteiger partial charge in [0.25, 0.3) is 0 Å². The lowest BCUT2D eigenvalue weighted by atomic mass is 9.97. The normalized spacial score (nSPS) is 13.9. The Morgan fingerprint density at radius 2 is 1.72 bits per heavy atom. The van der Waals surface area contributed by atoms with Gasteiger partial charge in [0, 0.05) is 6.04 Å². The Balaban J connectivity index is 2.68. The molecule has 0 radical (unpaired) electrons. The first kappa shape index (κ1) is 15.0. The number of nitrogens with two attached hydrogens (primary N) is 1. The molecule has 0 aliphatic rings. The zero-order valence-corrected chi connectivity index (χ0v) is 10.6. The summed E-state index contributed by atoms with van der Waals surface area (Å²) >= 11 is 0. The molecule has 0 amide bonds. The maximum atomic E-state index is 12.4. The van der Waals surface area contributed by atoms with Crippen LogP contribution in [0.4, 0.5) is 13.2 Å². The lowest BCUT2D eigenvalue weighted by Crippen LogP contribution is -2.37. The first-order chi connectivity index (χ1) is 8.32. The van der Waals surface area contributed by atoms with Gasteiger partial charge in [0.15, 0.2) is 0 Å². The molecule has 1 atom stereocenters. The summed E-state index contributed by atoms with van der Waals surface area (Å²) in [5, 5.41) is 0. The Kier molecular flexibility index (Phi) is 5.16. The number of hydrogen-bond acceptors (Lipinski definition) is 2. The Hall–Kier alpha value is -1.07. The van der Waals surface area contributed by atoms with E-state index in [9.17, 15) is 13.2 Å². The molecule has 0 aromatic heterocycles. The third-order valence-electron chi connectivity index (χ3n) is 2.75. The molecule has 0 fully saturated rings. The Morgan fingerprint density at radius 3 is 2.11 bits per heavy atom. The van der Waals surface area contributed by atoms with Gasteiger partial charge in [-0.15, -0.1) is 0 Å². The van der Waals surface area contributed by atoms with E-state index in [0.29, 0.717) is 12.3 Å². The lowest BCUT2D eigenvalue weighted by molar-refractivity contribution is -0.137. The van der Waals surface area contributed by atoms with Gasteiger partial charge in [-0.3, -0.25) is 11.3 Å². The highest BCUT2D eigenvalue weighted by molar-refractivity contribution is 5.25. The topological polar surface area (TPSA) is 38.0 Å². The van der Waals surface area contributed by atoms with Crippen LogP contribution in [0.15, 0.2) is 24.3 Å². The molecule has 0 heterocycles. The first-order valence-electron chi connectivity index (χ1n) is 5.95. The smallest absolute Gasteiger partial charge is 0.271 e. The van der Waals surface area contributed by atoms with Crippen molar-refractivity contribution in [3.8, 4) is 0 Å². The molecule has 1 unspecified atom stereocenters. The molecule has 0 aliphatic carbocycles. The molecule has 0 saturated heterocycles. The van der Waals surface area contributed by atoms with Gasteiger partial charge in [0.05, 0.1) is 5.56 Å². The summed E-state index contributed by atoms with van der Waals surface area (Å²) in [5.74, 6) is 5.92. The molecule has 0 aliphatic heterocycles. The van der Waals surface area contributed by atoms with Crippen molar-refractivity contribution in [1.29, 1.82) is 0 Å². The largest absolute Gasteiger partial charge is 0.416 e. The number of hydrogen-bond donors (Lipinski definition) is 2. The molecule has 2 nitrogen and oxygen atoms in total. The highest BCUT2D eigenvalue weighted by Gasteiger charge is 2.29. The Morgan fingerprint density at radius 1 is 1.17 bits per heavy atom. The van der Waals surface area contributed by atoms with E-state index < -0.39 is 11.7 Å². The SMILES string of the molecule is CC(C)CC(Cc1ccc(C(F)(F)F)cc1)NN. The highest BCUT2D eigenvalue weighted by atomic mass is 19.4. The van der Waals surface area contributed by atoms with E-state index in [4.69, 9.17) is 5.84 Å². The highest BCUT2D eigenvalue weighted by Crippen LogP contribution is 2.29. The zero-order chi connectivity index (χ0) is 13.8. The summed E-state index contributed by atoms with van der Waals surface area (Å²) in [7, 11) is 0. The minimum Gasteiger partial charge on any atom is -0.271 e. The van der Waals surface area contributed by atoms with E-state index in [1.54, 1.807) is 0 Å². The Labute approximate surface area is 105 Å². The van der Waals surface area contributed by atoms with Crippen LogP contribution in [0.1, 0.15) is 31.4 Å². The standard InChI is InChI=1S/C13H19F3N2/c1-9(2)7-12(18-17)8-10-3-5-11(6-4-10)13(14,15)16/h3-6,9,12,18H,7-8,17H2,1-2H3. The number of nitrogens with one attached hydrogen (secondary N) is 1. The minimum atomic E-state index is -4.28. The van der Waals surface area contributed by atoms with Crippen molar-refractivity contribution in [2.45, 2.75) is 38.9 Å². The second-order valence-electron chi connectivity index (χ2n) is 4.89. The second-order valence-corrected chi connectivity index (χ2v) is 4.89. The van der Waals surface area contributed by atoms with E-state index in [1.165, 1.54) is 12.1 Å². The molecule has 1 aromatic carbocycles. The summed E-state index contributed by atoms with van der Waals surface area (Å²) in [6.45, 7) is 4.16. The number of halogens is 3. The molecule has 0 saturated carbocycles. The first-order valence-corrected chi connectivity index (χ1v) is 5.95. The van der Waals surface area contributed by atoms with Crippen LogP contribution in [0.2, 0.25) is 0 Å². The van der Waals surface area contributed by atoms with Gasteiger partial charge in [-0.05, 0) is 36.5 Å². The predicted molar refractivity (Wildman–Crippen MR) is 65.7 cm³/mol. The molecule has 1 aromatic rings. The number of rotatable bonds is 5. The van der Waals surface area contributed by atoms with Crippen LogP contribution in [0.5, 0.6) is 0 Å². The quantitative estimate of drug-likeness (QED) is 0.630. The van der Waals surface area contributed by atoms with Gasteiger partial charge < -0.3 is 0 Å². The van der Waals surface area contributed by atoms with Gasteiger partial charge in [-0.2, -0.15) is 13.2 Å². The van der Waals surface area contributed by atoms with Gasteiger partial charge >= 0.3 is 6.18 Å². The van der Waals surface area contributed by atoms with Crippen LogP contribution >= 0.6 is 0 Å². The van der Waals surface area contributed by atoms with Gasteiger partial charge in [0.1, 0.15) is 0 Å². The molecule has 102 valence electrons. The fourth-order valence-corrected chi connectivity index (χ4v) is 1.89. The van der Waals surface area contributed by atoms with E-state index in [0.717, 1.165) is 24.1 Å². The monoisotopic (exact) mass is 260 g/mol. The lowest BCUT2D eigenvalue weighted by Gasteiger charge is -2.18. The molecular weight excluding hydrogens is 241 g/mol. The van der Waals surface area contributed by atoms with Crippen molar-refractivity contribution in [2.75, 3.05) is 0 Å². The third-order valence-corrected chi connectivity index (χ3v) is 2.75. The fourth-order valence-electron chi connectivity index (χ4n) is 1.89. The van der Waals surface area contributed by atoms with Crippen LogP contribution < -0.4 is 11.3 Å². The van der Waals surface area contributed by atoms with Crippen molar-refractivity contribution in [2.24, 2.45) is 11.8 Å². The molecular formula is C13H19F3N2. The minimum absolute atomic E-state index is 0.0849. The van der Waals surface area contributed by atoms with Gasteiger partial charge in [-0.25, -0.2) is 0 Å². The summed E-state index contributed by atoms with van der Waals surface area (Å²) < 4.78 is 37.2. The predicted octanol–water partition coefficient (Wildman–Crippen LogP) is 3.13. The van der Waals surface area contributed by atoms with E-state index in [-0.39, 0.29) is 6.04 Å². The van der Waals surface area contributed by atoms with Gasteiger partial charge in [-0.1, -0.05) is 26.0 Å². The summed E-state index contributed by atoms with van der Waals surface area (Å²) in [6.07, 6.45) is -2.76. The van der Waals surface area contributed by atoms with Crippen LogP contribution in [-0.2, 0) is 12.6 Å².